The predicted octanol–water partition coefficient (Wildman–Crippen LogP) is 2.02. The van der Waals surface area contributed by atoms with Crippen molar-refractivity contribution in [3.63, 3.8) is 0 Å². The first-order chi connectivity index (χ1) is 7.33. The number of nitrogens with zero attached hydrogens (tertiary/aromatic N) is 1. The molecular weight excluding hydrogens is 185 g/mol. The van der Waals surface area contributed by atoms with Gasteiger partial charge < -0.3 is 4.74 Å². The maximum Gasteiger partial charge on any atom is 0.120 e. The van der Waals surface area contributed by atoms with Crippen molar-refractivity contribution in [3.8, 4) is 11.8 Å². The van der Waals surface area contributed by atoms with Crippen LogP contribution in [0.3, 0.4) is 0 Å². The lowest BCUT2D eigenvalue weighted by Crippen LogP contribution is -2.00. The molecule has 0 atom stereocenters. The molecule has 0 spiro atoms. The molecule has 2 radical (unpaired) electrons. The van der Waals surface area contributed by atoms with Gasteiger partial charge in [0.15, 0.2) is 0 Å². The van der Waals surface area contributed by atoms with Crippen molar-refractivity contribution in [1.29, 1.82) is 5.26 Å². The van der Waals surface area contributed by atoms with Gasteiger partial charge >= 0.3 is 0 Å². The molecule has 0 bridgehead atoms. The highest BCUT2D eigenvalue weighted by molar-refractivity contribution is 6.08. The van der Waals surface area contributed by atoms with Crippen LogP contribution in [0.2, 0.25) is 0 Å². The lowest BCUT2D eigenvalue weighted by molar-refractivity contribution is 0.299. The molecule has 0 saturated heterocycles. The predicted molar refractivity (Wildman–Crippen MR) is 58.8 cm³/mol. The van der Waals surface area contributed by atoms with E-state index in [0.29, 0.717) is 11.9 Å². The Labute approximate surface area is 91.3 Å². The van der Waals surface area contributed by atoms with E-state index in [9.17, 15) is 0 Å². The Morgan fingerprint density at radius 1 is 1.47 bits per heavy atom. The van der Waals surface area contributed by atoms with Gasteiger partial charge in [-0.3, -0.25) is 0 Å². The monoisotopic (exact) mass is 197 g/mol. The Balaban J connectivity index is 2.08. The Morgan fingerprint density at radius 2 is 2.27 bits per heavy atom. The molecule has 2 rings (SSSR count). The van der Waals surface area contributed by atoms with Crippen LogP contribution in [-0.4, -0.2) is 14.5 Å². The van der Waals surface area contributed by atoms with Crippen molar-refractivity contribution in [1.82, 2.24) is 0 Å². The summed E-state index contributed by atoms with van der Waals surface area (Å²) < 4.78 is 5.58. The highest BCUT2D eigenvalue weighted by Crippen LogP contribution is 2.29. The average molecular weight is 197 g/mol. The molecule has 0 N–H and O–H groups in total. The molecule has 1 fully saturated rings. The standard InChI is InChI=1S/C12H12BNO/c13-6-10-3-4-12(5-11(10)7-14)15-8-9-1-2-9/h3-5,9H,1-2,6,8H2. The summed E-state index contributed by atoms with van der Waals surface area (Å²) in [4.78, 5) is 0. The van der Waals surface area contributed by atoms with E-state index in [1.807, 2.05) is 12.1 Å². The molecule has 74 valence electrons. The van der Waals surface area contributed by atoms with Gasteiger partial charge in [0, 0.05) is 0 Å². The number of benzene rings is 1. The topological polar surface area (TPSA) is 33.0 Å². The molecule has 3 heteroatoms. The zero-order chi connectivity index (χ0) is 10.7. The summed E-state index contributed by atoms with van der Waals surface area (Å²) in [7, 11) is 5.52. The molecule has 0 unspecified atom stereocenters. The normalized spacial score (nSPS) is 14.6. The minimum Gasteiger partial charge on any atom is -0.493 e. The van der Waals surface area contributed by atoms with Crippen molar-refractivity contribution < 1.29 is 4.74 Å². The van der Waals surface area contributed by atoms with Gasteiger partial charge in [-0.25, -0.2) is 0 Å². The molecule has 1 aromatic rings. The van der Waals surface area contributed by atoms with Crippen LogP contribution >= 0.6 is 0 Å². The van der Waals surface area contributed by atoms with E-state index in [-0.39, 0.29) is 0 Å². The van der Waals surface area contributed by atoms with Gasteiger partial charge in [-0.05, 0) is 36.5 Å². The van der Waals surface area contributed by atoms with Crippen molar-refractivity contribution >= 4 is 7.85 Å². The summed E-state index contributed by atoms with van der Waals surface area (Å²) in [5, 5.41) is 8.90. The van der Waals surface area contributed by atoms with E-state index < -0.39 is 0 Å². The van der Waals surface area contributed by atoms with Crippen LogP contribution < -0.4 is 4.74 Å². The minimum absolute atomic E-state index is 0.395. The summed E-state index contributed by atoms with van der Waals surface area (Å²) in [6, 6.07) is 7.64. The third kappa shape index (κ3) is 2.53. The van der Waals surface area contributed by atoms with E-state index in [1.165, 1.54) is 12.8 Å². The first kappa shape index (κ1) is 10.1. The van der Waals surface area contributed by atoms with Crippen LogP contribution in [0, 0.1) is 17.2 Å². The molecule has 1 saturated carbocycles. The summed E-state index contributed by atoms with van der Waals surface area (Å²) in [6.07, 6.45) is 2.93. The van der Waals surface area contributed by atoms with Gasteiger partial charge in [0.05, 0.1) is 26.1 Å². The molecule has 1 aliphatic rings. The first-order valence-corrected chi connectivity index (χ1v) is 5.19. The van der Waals surface area contributed by atoms with Gasteiger partial charge in [-0.1, -0.05) is 12.4 Å². The number of ether oxygens (including phenoxy) is 1. The Hall–Kier alpha value is -1.43. The van der Waals surface area contributed by atoms with Crippen molar-refractivity contribution in [2.45, 2.75) is 19.2 Å². The summed E-state index contributed by atoms with van der Waals surface area (Å²) in [5.74, 6) is 1.50. The van der Waals surface area contributed by atoms with Crippen molar-refractivity contribution in [3.05, 3.63) is 29.3 Å². The van der Waals surface area contributed by atoms with Gasteiger partial charge in [-0.2, -0.15) is 5.26 Å². The highest BCUT2D eigenvalue weighted by atomic mass is 16.5. The van der Waals surface area contributed by atoms with E-state index in [4.69, 9.17) is 17.8 Å². The molecule has 0 amide bonds. The molecule has 0 aromatic heterocycles. The van der Waals surface area contributed by atoms with E-state index in [0.717, 1.165) is 23.8 Å². The number of rotatable bonds is 4. The molecule has 2 nitrogen and oxygen atoms in total. The number of hydrogen-bond donors (Lipinski definition) is 0. The Morgan fingerprint density at radius 3 is 2.87 bits per heavy atom. The van der Waals surface area contributed by atoms with Crippen LogP contribution in [0.25, 0.3) is 0 Å². The molecule has 15 heavy (non-hydrogen) atoms. The van der Waals surface area contributed by atoms with E-state index in [2.05, 4.69) is 6.07 Å². The van der Waals surface area contributed by atoms with Gasteiger partial charge in [0.25, 0.3) is 0 Å². The second-order valence-electron chi connectivity index (χ2n) is 3.89. The fourth-order valence-corrected chi connectivity index (χ4v) is 1.43. The highest BCUT2D eigenvalue weighted by Gasteiger charge is 2.21. The van der Waals surface area contributed by atoms with Crippen molar-refractivity contribution in [2.24, 2.45) is 5.92 Å². The van der Waals surface area contributed by atoms with Crippen LogP contribution in [0.15, 0.2) is 18.2 Å². The number of hydrogen-bond acceptors (Lipinski definition) is 2. The van der Waals surface area contributed by atoms with Gasteiger partial charge in [-0.15, -0.1) is 0 Å². The molecule has 1 aliphatic carbocycles. The van der Waals surface area contributed by atoms with Crippen LogP contribution in [-0.2, 0) is 6.32 Å². The SMILES string of the molecule is [B]Cc1ccc(OCC2CC2)cc1C#N. The van der Waals surface area contributed by atoms with E-state index in [1.54, 1.807) is 6.07 Å². The molecule has 0 aliphatic heterocycles. The molecule has 0 heterocycles. The van der Waals surface area contributed by atoms with Crippen LogP contribution in [0.5, 0.6) is 5.75 Å². The van der Waals surface area contributed by atoms with Crippen LogP contribution in [0.1, 0.15) is 24.0 Å². The molecular formula is C12H12BNO. The lowest BCUT2D eigenvalue weighted by atomic mass is 9.93. The second-order valence-corrected chi connectivity index (χ2v) is 3.89. The van der Waals surface area contributed by atoms with Gasteiger partial charge in [0.1, 0.15) is 5.75 Å². The van der Waals surface area contributed by atoms with E-state index >= 15 is 0 Å². The maximum atomic E-state index is 8.90. The third-order valence-corrected chi connectivity index (χ3v) is 2.60. The quantitative estimate of drug-likeness (QED) is 0.691. The Kier molecular flexibility index (Phi) is 2.96. The lowest BCUT2D eigenvalue weighted by Gasteiger charge is -2.07. The summed E-state index contributed by atoms with van der Waals surface area (Å²) >= 11 is 0. The fourth-order valence-electron chi connectivity index (χ4n) is 1.43. The number of nitriles is 1. The summed E-state index contributed by atoms with van der Waals surface area (Å²) in [5.41, 5.74) is 1.49. The van der Waals surface area contributed by atoms with Gasteiger partial charge in [0.2, 0.25) is 0 Å². The zero-order valence-electron chi connectivity index (χ0n) is 8.57. The minimum atomic E-state index is 0.395. The fraction of sp³-hybridized carbons (Fsp3) is 0.417. The molecule has 1 aromatic carbocycles. The first-order valence-electron chi connectivity index (χ1n) is 5.19. The van der Waals surface area contributed by atoms with Crippen molar-refractivity contribution in [2.75, 3.05) is 6.61 Å². The third-order valence-electron chi connectivity index (χ3n) is 2.60. The Bertz CT molecular complexity index is 393. The second kappa shape index (κ2) is 4.40. The maximum absolute atomic E-state index is 8.90. The zero-order valence-corrected chi connectivity index (χ0v) is 8.57. The largest absolute Gasteiger partial charge is 0.493 e. The smallest absolute Gasteiger partial charge is 0.120 e. The summed E-state index contributed by atoms with van der Waals surface area (Å²) in [6.45, 7) is 0.771. The average Bonchev–Trinajstić information content (AvgIpc) is 3.09. The van der Waals surface area contributed by atoms with Crippen LogP contribution in [0.4, 0.5) is 0 Å².